The zero-order valence-corrected chi connectivity index (χ0v) is 10.1. The molecule has 2 rings (SSSR count). The third-order valence-corrected chi connectivity index (χ3v) is 3.23. The van der Waals surface area contributed by atoms with Crippen LogP contribution < -0.4 is 0 Å². The topological polar surface area (TPSA) is 68.0 Å². The van der Waals surface area contributed by atoms with E-state index in [9.17, 15) is 4.79 Å². The maximum atomic E-state index is 10.4. The number of aromatic nitrogens is 3. The molecule has 0 radical (unpaired) electrons. The van der Waals surface area contributed by atoms with E-state index in [0.29, 0.717) is 0 Å². The number of hydrogen-bond acceptors (Lipinski definition) is 3. The van der Waals surface area contributed by atoms with Gasteiger partial charge in [-0.1, -0.05) is 6.42 Å². The van der Waals surface area contributed by atoms with Crippen molar-refractivity contribution in [2.75, 3.05) is 0 Å². The van der Waals surface area contributed by atoms with Gasteiger partial charge in [0.1, 0.15) is 11.6 Å². The molecule has 5 heteroatoms. The zero-order chi connectivity index (χ0) is 12.1. The van der Waals surface area contributed by atoms with Crippen LogP contribution in [0.25, 0.3) is 0 Å². The number of unbranched alkanes of at least 4 members (excludes halogenated alkanes) is 1. The molecule has 0 aromatic carbocycles. The van der Waals surface area contributed by atoms with E-state index >= 15 is 0 Å². The lowest BCUT2D eigenvalue weighted by molar-refractivity contribution is -0.137. The van der Waals surface area contributed by atoms with Gasteiger partial charge in [-0.05, 0) is 25.7 Å². The van der Waals surface area contributed by atoms with Crippen molar-refractivity contribution in [1.82, 2.24) is 14.8 Å². The van der Waals surface area contributed by atoms with Crippen molar-refractivity contribution < 1.29 is 9.90 Å². The number of hydrogen-bond donors (Lipinski definition) is 1. The van der Waals surface area contributed by atoms with Crippen molar-refractivity contribution in [1.29, 1.82) is 0 Å². The first kappa shape index (κ1) is 12.1. The summed E-state index contributed by atoms with van der Waals surface area (Å²) in [7, 11) is 0. The summed E-state index contributed by atoms with van der Waals surface area (Å²) in [5.41, 5.74) is 0. The van der Waals surface area contributed by atoms with Crippen LogP contribution in [0, 0.1) is 0 Å². The number of nitrogens with zero attached hydrogens (tertiary/aromatic N) is 3. The predicted octanol–water partition coefficient (Wildman–Crippen LogP) is 1.80. The third-order valence-electron chi connectivity index (χ3n) is 3.23. The summed E-state index contributed by atoms with van der Waals surface area (Å²) >= 11 is 0. The lowest BCUT2D eigenvalue weighted by Gasteiger charge is -2.06. The summed E-state index contributed by atoms with van der Waals surface area (Å²) in [5.74, 6) is 1.42. The molecule has 1 N–H and O–H groups in total. The van der Waals surface area contributed by atoms with Gasteiger partial charge in [0.05, 0.1) is 0 Å². The minimum atomic E-state index is -0.718. The number of carboxylic acids is 1. The highest BCUT2D eigenvalue weighted by atomic mass is 16.4. The molecule has 17 heavy (non-hydrogen) atoms. The lowest BCUT2D eigenvalue weighted by Crippen LogP contribution is -2.06. The fraction of sp³-hybridized carbons (Fsp3) is 0.750. The van der Waals surface area contributed by atoms with Crippen molar-refractivity contribution in [2.24, 2.45) is 0 Å². The molecular formula is C12H19N3O2. The van der Waals surface area contributed by atoms with Crippen LogP contribution in [-0.4, -0.2) is 25.8 Å². The van der Waals surface area contributed by atoms with E-state index in [1.807, 2.05) is 0 Å². The number of carbonyl (C=O) groups is 1. The summed E-state index contributed by atoms with van der Waals surface area (Å²) in [4.78, 5) is 10.4. The van der Waals surface area contributed by atoms with Gasteiger partial charge in [0.2, 0.25) is 0 Å². The van der Waals surface area contributed by atoms with E-state index in [0.717, 1.165) is 43.9 Å². The Morgan fingerprint density at radius 3 is 2.94 bits per heavy atom. The fourth-order valence-electron chi connectivity index (χ4n) is 2.29. The highest BCUT2D eigenvalue weighted by Crippen LogP contribution is 2.15. The van der Waals surface area contributed by atoms with E-state index in [1.165, 1.54) is 19.3 Å². The maximum absolute atomic E-state index is 10.4. The van der Waals surface area contributed by atoms with Crippen LogP contribution in [0.1, 0.15) is 50.2 Å². The smallest absolute Gasteiger partial charge is 0.303 e. The number of aryl methyl sites for hydroxylation is 2. The Kier molecular flexibility index (Phi) is 4.12. The third kappa shape index (κ3) is 3.28. The summed E-state index contributed by atoms with van der Waals surface area (Å²) in [6, 6.07) is 0. The largest absolute Gasteiger partial charge is 0.481 e. The van der Waals surface area contributed by atoms with Gasteiger partial charge < -0.3 is 9.67 Å². The van der Waals surface area contributed by atoms with Gasteiger partial charge >= 0.3 is 5.97 Å². The molecule has 0 amide bonds. The Bertz CT molecular complexity index is 387. The second-order valence-corrected chi connectivity index (χ2v) is 4.60. The van der Waals surface area contributed by atoms with Crippen LogP contribution in [0.4, 0.5) is 0 Å². The van der Waals surface area contributed by atoms with Gasteiger partial charge in [0.15, 0.2) is 0 Å². The molecule has 0 bridgehead atoms. The highest BCUT2D eigenvalue weighted by Gasteiger charge is 2.14. The molecule has 0 aliphatic carbocycles. The van der Waals surface area contributed by atoms with E-state index in [-0.39, 0.29) is 6.42 Å². The first-order chi connectivity index (χ1) is 8.27. The first-order valence-electron chi connectivity index (χ1n) is 6.40. The molecule has 1 aromatic rings. The van der Waals surface area contributed by atoms with Crippen molar-refractivity contribution in [3.05, 3.63) is 11.6 Å². The molecule has 0 fully saturated rings. The van der Waals surface area contributed by atoms with Crippen LogP contribution in [0.5, 0.6) is 0 Å². The minimum Gasteiger partial charge on any atom is -0.481 e. The SMILES string of the molecule is O=C(O)CCCCc1nnc2n1CCCCC2. The van der Waals surface area contributed by atoms with Crippen LogP contribution in [0.3, 0.4) is 0 Å². The van der Waals surface area contributed by atoms with Crippen molar-refractivity contribution in [3.63, 3.8) is 0 Å². The van der Waals surface area contributed by atoms with Crippen molar-refractivity contribution in [3.8, 4) is 0 Å². The molecule has 0 saturated heterocycles. The standard InChI is InChI=1S/C12H19N3O2/c16-12(17)8-4-3-7-11-14-13-10-6-2-1-5-9-15(10)11/h1-9H2,(H,16,17). The number of aliphatic carboxylic acids is 1. The Morgan fingerprint density at radius 2 is 2.12 bits per heavy atom. The molecule has 1 aliphatic rings. The second kappa shape index (κ2) is 5.80. The lowest BCUT2D eigenvalue weighted by atomic mass is 10.2. The van der Waals surface area contributed by atoms with Crippen molar-refractivity contribution in [2.45, 2.75) is 57.9 Å². The van der Waals surface area contributed by atoms with Crippen LogP contribution in [0.2, 0.25) is 0 Å². The second-order valence-electron chi connectivity index (χ2n) is 4.60. The summed E-state index contributed by atoms with van der Waals surface area (Å²) in [6.45, 7) is 1.02. The summed E-state index contributed by atoms with van der Waals surface area (Å²) in [6.07, 6.45) is 7.40. The van der Waals surface area contributed by atoms with Gasteiger partial charge in [0, 0.05) is 25.8 Å². The van der Waals surface area contributed by atoms with Crippen molar-refractivity contribution >= 4 is 5.97 Å². The maximum Gasteiger partial charge on any atom is 0.303 e. The Labute approximate surface area is 101 Å². The van der Waals surface area contributed by atoms with Gasteiger partial charge in [-0.3, -0.25) is 4.79 Å². The number of fused-ring (bicyclic) bond motifs is 1. The molecule has 0 spiro atoms. The van der Waals surface area contributed by atoms with E-state index in [2.05, 4.69) is 14.8 Å². The van der Waals surface area contributed by atoms with Crippen LogP contribution in [0.15, 0.2) is 0 Å². The van der Waals surface area contributed by atoms with E-state index < -0.39 is 5.97 Å². The van der Waals surface area contributed by atoms with Crippen LogP contribution >= 0.6 is 0 Å². The van der Waals surface area contributed by atoms with E-state index in [4.69, 9.17) is 5.11 Å². The number of rotatable bonds is 5. The molecule has 1 aromatic heterocycles. The minimum absolute atomic E-state index is 0.251. The average molecular weight is 237 g/mol. The highest BCUT2D eigenvalue weighted by molar-refractivity contribution is 5.66. The Morgan fingerprint density at radius 1 is 1.24 bits per heavy atom. The summed E-state index contributed by atoms with van der Waals surface area (Å²) < 4.78 is 2.23. The Balaban J connectivity index is 1.88. The summed E-state index contributed by atoms with van der Waals surface area (Å²) in [5, 5.41) is 17.0. The normalized spacial score (nSPS) is 15.3. The van der Waals surface area contributed by atoms with Gasteiger partial charge in [-0.15, -0.1) is 10.2 Å². The van der Waals surface area contributed by atoms with Gasteiger partial charge in [-0.2, -0.15) is 0 Å². The molecular weight excluding hydrogens is 218 g/mol. The fourth-order valence-corrected chi connectivity index (χ4v) is 2.29. The molecule has 0 saturated carbocycles. The first-order valence-corrected chi connectivity index (χ1v) is 6.40. The molecule has 2 heterocycles. The number of carboxylic acid groups (broad SMARTS) is 1. The molecule has 94 valence electrons. The van der Waals surface area contributed by atoms with Crippen LogP contribution in [-0.2, 0) is 24.2 Å². The van der Waals surface area contributed by atoms with E-state index in [1.54, 1.807) is 0 Å². The predicted molar refractivity (Wildman–Crippen MR) is 62.8 cm³/mol. The zero-order valence-electron chi connectivity index (χ0n) is 10.1. The molecule has 0 unspecified atom stereocenters. The average Bonchev–Trinajstić information content (AvgIpc) is 2.54. The van der Waals surface area contributed by atoms with Gasteiger partial charge in [-0.25, -0.2) is 0 Å². The molecule has 0 atom stereocenters. The Hall–Kier alpha value is -1.39. The molecule has 1 aliphatic heterocycles. The quantitative estimate of drug-likeness (QED) is 0.793. The monoisotopic (exact) mass is 237 g/mol. The molecule has 5 nitrogen and oxygen atoms in total. The van der Waals surface area contributed by atoms with Gasteiger partial charge in [0.25, 0.3) is 0 Å².